The number of benzene rings is 2. The molecule has 1 N–H and O–H groups in total. The molecule has 23 heavy (non-hydrogen) atoms. The van der Waals surface area contributed by atoms with Gasteiger partial charge in [-0.05, 0) is 49.2 Å². The van der Waals surface area contributed by atoms with Crippen LogP contribution in [0.5, 0.6) is 11.5 Å². The second kappa shape index (κ2) is 6.96. The monoisotopic (exact) mass is 310 g/mol. The standard InChI is InChI=1S/C18H18N2O3/c21-17(18(22)20-12-4-5-13-20)19-14-8-10-16(11-9-14)23-15-6-2-1-3-7-15/h1-3,6-11H,4-5,12-13H2,(H,19,21). The van der Waals surface area contributed by atoms with E-state index >= 15 is 0 Å². The van der Waals surface area contributed by atoms with E-state index in [4.69, 9.17) is 4.74 Å². The molecule has 1 aliphatic heterocycles. The lowest BCUT2D eigenvalue weighted by atomic mass is 10.3. The Labute approximate surface area is 134 Å². The van der Waals surface area contributed by atoms with E-state index in [0.29, 0.717) is 24.5 Å². The summed E-state index contributed by atoms with van der Waals surface area (Å²) < 4.78 is 5.68. The Morgan fingerprint density at radius 2 is 1.48 bits per heavy atom. The van der Waals surface area contributed by atoms with E-state index in [1.165, 1.54) is 0 Å². The van der Waals surface area contributed by atoms with Gasteiger partial charge in [0.05, 0.1) is 0 Å². The summed E-state index contributed by atoms with van der Waals surface area (Å²) in [6.45, 7) is 1.33. The predicted octanol–water partition coefficient (Wildman–Crippen LogP) is 3.04. The SMILES string of the molecule is O=C(Nc1ccc(Oc2ccccc2)cc1)C(=O)N1CCCC1. The number of rotatable bonds is 3. The number of ether oxygens (including phenoxy) is 1. The number of carbonyl (C=O) groups is 2. The lowest BCUT2D eigenvalue weighted by molar-refractivity contribution is -0.142. The van der Waals surface area contributed by atoms with Gasteiger partial charge < -0.3 is 15.0 Å². The van der Waals surface area contributed by atoms with Crippen molar-refractivity contribution >= 4 is 17.5 Å². The molecule has 0 aliphatic carbocycles. The molecule has 118 valence electrons. The largest absolute Gasteiger partial charge is 0.457 e. The fraction of sp³-hybridized carbons (Fsp3) is 0.222. The van der Waals surface area contributed by atoms with E-state index in [2.05, 4.69) is 5.32 Å². The van der Waals surface area contributed by atoms with Crippen LogP contribution in [0, 0.1) is 0 Å². The molecule has 1 heterocycles. The van der Waals surface area contributed by atoms with Gasteiger partial charge in [-0.15, -0.1) is 0 Å². The van der Waals surface area contributed by atoms with Crippen LogP contribution in [0.3, 0.4) is 0 Å². The average Bonchev–Trinajstić information content (AvgIpc) is 3.11. The van der Waals surface area contributed by atoms with Crippen molar-refractivity contribution < 1.29 is 14.3 Å². The molecule has 2 amide bonds. The molecule has 2 aromatic carbocycles. The Bertz CT molecular complexity index is 677. The molecule has 0 bridgehead atoms. The first kappa shape index (κ1) is 15.1. The molecular formula is C18H18N2O3. The van der Waals surface area contributed by atoms with Crippen LogP contribution >= 0.6 is 0 Å². The van der Waals surface area contributed by atoms with Crippen LogP contribution in [-0.2, 0) is 9.59 Å². The first-order valence-electron chi connectivity index (χ1n) is 7.65. The summed E-state index contributed by atoms with van der Waals surface area (Å²) in [6.07, 6.45) is 1.93. The van der Waals surface area contributed by atoms with Crippen LogP contribution in [0.25, 0.3) is 0 Å². The molecule has 0 saturated carbocycles. The van der Waals surface area contributed by atoms with Gasteiger partial charge in [-0.3, -0.25) is 9.59 Å². The van der Waals surface area contributed by atoms with Crippen LogP contribution in [0.15, 0.2) is 54.6 Å². The topological polar surface area (TPSA) is 58.6 Å². The number of hydrogen-bond donors (Lipinski definition) is 1. The van der Waals surface area contributed by atoms with Gasteiger partial charge in [-0.2, -0.15) is 0 Å². The second-order valence-corrected chi connectivity index (χ2v) is 5.39. The Morgan fingerprint density at radius 1 is 0.870 bits per heavy atom. The fourth-order valence-corrected chi connectivity index (χ4v) is 2.48. The number of anilines is 1. The lowest BCUT2D eigenvalue weighted by Gasteiger charge is -2.14. The molecule has 0 spiro atoms. The maximum absolute atomic E-state index is 11.9. The normalized spacial score (nSPS) is 13.7. The van der Waals surface area contributed by atoms with E-state index in [9.17, 15) is 9.59 Å². The molecule has 0 aromatic heterocycles. The quantitative estimate of drug-likeness (QED) is 0.887. The van der Waals surface area contributed by atoms with E-state index < -0.39 is 11.8 Å². The molecule has 5 nitrogen and oxygen atoms in total. The van der Waals surface area contributed by atoms with Gasteiger partial charge in [0.25, 0.3) is 0 Å². The van der Waals surface area contributed by atoms with Crippen LogP contribution in [0.2, 0.25) is 0 Å². The third kappa shape index (κ3) is 3.88. The van der Waals surface area contributed by atoms with Gasteiger partial charge in [-0.25, -0.2) is 0 Å². The van der Waals surface area contributed by atoms with Crippen LogP contribution in [0.4, 0.5) is 5.69 Å². The summed E-state index contributed by atoms with van der Waals surface area (Å²) in [5.41, 5.74) is 0.572. The van der Waals surface area contributed by atoms with Crippen LogP contribution < -0.4 is 10.1 Å². The van der Waals surface area contributed by atoms with Gasteiger partial charge in [-0.1, -0.05) is 18.2 Å². The number of hydrogen-bond acceptors (Lipinski definition) is 3. The van der Waals surface area contributed by atoms with E-state index in [-0.39, 0.29) is 0 Å². The maximum Gasteiger partial charge on any atom is 0.313 e. The Balaban J connectivity index is 1.58. The van der Waals surface area contributed by atoms with E-state index in [0.717, 1.165) is 18.6 Å². The van der Waals surface area contributed by atoms with E-state index in [1.54, 1.807) is 29.2 Å². The van der Waals surface area contributed by atoms with Crippen molar-refractivity contribution in [3.63, 3.8) is 0 Å². The predicted molar refractivity (Wildman–Crippen MR) is 87.4 cm³/mol. The van der Waals surface area contributed by atoms with Crippen molar-refractivity contribution in [2.75, 3.05) is 18.4 Å². The van der Waals surface area contributed by atoms with Crippen molar-refractivity contribution in [1.29, 1.82) is 0 Å². The van der Waals surface area contributed by atoms with Crippen LogP contribution in [0.1, 0.15) is 12.8 Å². The van der Waals surface area contributed by atoms with Crippen molar-refractivity contribution in [2.24, 2.45) is 0 Å². The highest BCUT2D eigenvalue weighted by molar-refractivity contribution is 6.39. The minimum Gasteiger partial charge on any atom is -0.457 e. The zero-order chi connectivity index (χ0) is 16.1. The third-order valence-electron chi connectivity index (χ3n) is 3.68. The molecule has 0 unspecified atom stereocenters. The highest BCUT2D eigenvalue weighted by Crippen LogP contribution is 2.22. The number of nitrogens with one attached hydrogen (secondary N) is 1. The molecule has 2 aromatic rings. The number of likely N-dealkylation sites (tertiary alicyclic amines) is 1. The van der Waals surface area contributed by atoms with Crippen molar-refractivity contribution in [3.8, 4) is 11.5 Å². The maximum atomic E-state index is 11.9. The molecule has 1 saturated heterocycles. The number of carbonyl (C=O) groups excluding carboxylic acids is 2. The minimum absolute atomic E-state index is 0.466. The van der Waals surface area contributed by atoms with Crippen LogP contribution in [-0.4, -0.2) is 29.8 Å². The summed E-state index contributed by atoms with van der Waals surface area (Å²) >= 11 is 0. The molecule has 5 heteroatoms. The second-order valence-electron chi connectivity index (χ2n) is 5.39. The fourth-order valence-electron chi connectivity index (χ4n) is 2.48. The minimum atomic E-state index is -0.594. The highest BCUT2D eigenvalue weighted by atomic mass is 16.5. The number of nitrogens with zero attached hydrogens (tertiary/aromatic N) is 1. The molecule has 1 aliphatic rings. The Morgan fingerprint density at radius 3 is 2.13 bits per heavy atom. The van der Waals surface area contributed by atoms with Gasteiger partial charge in [0.15, 0.2) is 0 Å². The summed E-state index contributed by atoms with van der Waals surface area (Å²) in [6, 6.07) is 16.4. The summed E-state index contributed by atoms with van der Waals surface area (Å²) in [4.78, 5) is 25.5. The first-order chi connectivity index (χ1) is 11.2. The number of para-hydroxylation sites is 1. The third-order valence-corrected chi connectivity index (χ3v) is 3.68. The van der Waals surface area contributed by atoms with Crippen molar-refractivity contribution in [1.82, 2.24) is 4.90 Å². The summed E-state index contributed by atoms with van der Waals surface area (Å²) in [7, 11) is 0. The molecular weight excluding hydrogens is 292 g/mol. The lowest BCUT2D eigenvalue weighted by Crippen LogP contribution is -2.37. The molecule has 3 rings (SSSR count). The molecule has 0 atom stereocenters. The Kier molecular flexibility index (Phi) is 4.57. The zero-order valence-electron chi connectivity index (χ0n) is 12.7. The van der Waals surface area contributed by atoms with E-state index in [1.807, 2.05) is 30.3 Å². The molecule has 1 fully saturated rings. The Hall–Kier alpha value is -2.82. The summed E-state index contributed by atoms with van der Waals surface area (Å²) in [5.74, 6) is 0.351. The van der Waals surface area contributed by atoms with Gasteiger partial charge in [0.2, 0.25) is 0 Å². The zero-order valence-corrected chi connectivity index (χ0v) is 12.7. The highest BCUT2D eigenvalue weighted by Gasteiger charge is 2.24. The smallest absolute Gasteiger partial charge is 0.313 e. The van der Waals surface area contributed by atoms with Gasteiger partial charge in [0.1, 0.15) is 11.5 Å². The summed E-state index contributed by atoms with van der Waals surface area (Å²) in [5, 5.41) is 2.62. The average molecular weight is 310 g/mol. The van der Waals surface area contributed by atoms with Crippen molar-refractivity contribution in [2.45, 2.75) is 12.8 Å². The molecule has 0 radical (unpaired) electrons. The number of amides is 2. The van der Waals surface area contributed by atoms with Gasteiger partial charge in [0, 0.05) is 18.8 Å². The van der Waals surface area contributed by atoms with Gasteiger partial charge >= 0.3 is 11.8 Å². The van der Waals surface area contributed by atoms with Crippen molar-refractivity contribution in [3.05, 3.63) is 54.6 Å². The first-order valence-corrected chi connectivity index (χ1v) is 7.65.